The standard InChI is InChI=1S/C27H27Cl2FN2O2/c28-25-6-3-20(13-26(25)29)27(33)32-15-22(24(16-32)21-9-12-34-17-21)14-31-10-7-19(8-11-31)18-1-4-23(30)5-2-18/h1-6,9,12-13,17,19,22,24H,7-8,10-11,14-16H2. The molecule has 0 saturated carbocycles. The van der Waals surface area contributed by atoms with Crippen molar-refractivity contribution < 1.29 is 13.6 Å². The third-order valence-electron chi connectivity index (χ3n) is 7.29. The van der Waals surface area contributed by atoms with E-state index < -0.39 is 0 Å². The number of amides is 1. The lowest BCUT2D eigenvalue weighted by atomic mass is 9.87. The summed E-state index contributed by atoms with van der Waals surface area (Å²) in [7, 11) is 0. The van der Waals surface area contributed by atoms with Crippen LogP contribution in [-0.2, 0) is 0 Å². The number of furan rings is 1. The van der Waals surface area contributed by atoms with Crippen molar-refractivity contribution in [2.24, 2.45) is 5.92 Å². The number of hydrogen-bond donors (Lipinski definition) is 0. The zero-order chi connectivity index (χ0) is 23.7. The highest BCUT2D eigenvalue weighted by Gasteiger charge is 2.38. The molecule has 0 N–H and O–H groups in total. The first-order valence-corrected chi connectivity index (χ1v) is 12.5. The van der Waals surface area contributed by atoms with Gasteiger partial charge in [-0.05, 0) is 85.3 Å². The van der Waals surface area contributed by atoms with Crippen LogP contribution in [0, 0.1) is 11.7 Å². The molecule has 4 nitrogen and oxygen atoms in total. The molecule has 0 aliphatic carbocycles. The van der Waals surface area contributed by atoms with E-state index in [1.165, 1.54) is 5.56 Å². The Kier molecular flexibility index (Phi) is 6.96. The highest BCUT2D eigenvalue weighted by Crippen LogP contribution is 2.36. The Labute approximate surface area is 209 Å². The second-order valence-electron chi connectivity index (χ2n) is 9.39. The summed E-state index contributed by atoms with van der Waals surface area (Å²) in [6, 6.07) is 14.0. The van der Waals surface area contributed by atoms with Gasteiger partial charge in [0.1, 0.15) is 5.82 Å². The van der Waals surface area contributed by atoms with Crippen molar-refractivity contribution in [2.75, 3.05) is 32.7 Å². The Morgan fingerprint density at radius 2 is 1.74 bits per heavy atom. The first-order chi connectivity index (χ1) is 16.5. The number of hydrogen-bond acceptors (Lipinski definition) is 3. The summed E-state index contributed by atoms with van der Waals surface area (Å²) in [5.74, 6) is 0.794. The lowest BCUT2D eigenvalue weighted by Gasteiger charge is -2.34. The van der Waals surface area contributed by atoms with Gasteiger partial charge < -0.3 is 14.2 Å². The minimum absolute atomic E-state index is 0.0235. The number of halogens is 3. The minimum Gasteiger partial charge on any atom is -0.472 e. The van der Waals surface area contributed by atoms with Crippen molar-refractivity contribution in [3.63, 3.8) is 0 Å². The highest BCUT2D eigenvalue weighted by molar-refractivity contribution is 6.42. The zero-order valence-electron chi connectivity index (χ0n) is 18.8. The van der Waals surface area contributed by atoms with E-state index in [0.29, 0.717) is 40.5 Å². The average Bonchev–Trinajstić information content (AvgIpc) is 3.52. The molecule has 2 aliphatic heterocycles. The third kappa shape index (κ3) is 5.02. The number of carbonyl (C=O) groups excluding carboxylic acids is 1. The Bertz CT molecular complexity index is 1130. The summed E-state index contributed by atoms with van der Waals surface area (Å²) in [5, 5.41) is 0.830. The van der Waals surface area contributed by atoms with Gasteiger partial charge in [-0.25, -0.2) is 4.39 Å². The Morgan fingerprint density at radius 3 is 2.41 bits per heavy atom. The van der Waals surface area contributed by atoms with Crippen LogP contribution in [0.5, 0.6) is 0 Å². The lowest BCUT2D eigenvalue weighted by molar-refractivity contribution is 0.0781. The fourth-order valence-corrected chi connectivity index (χ4v) is 5.71. The van der Waals surface area contributed by atoms with Crippen molar-refractivity contribution in [3.8, 4) is 0 Å². The molecule has 2 aromatic carbocycles. The van der Waals surface area contributed by atoms with Crippen molar-refractivity contribution in [2.45, 2.75) is 24.7 Å². The molecule has 5 rings (SSSR count). The van der Waals surface area contributed by atoms with Gasteiger partial charge in [0.05, 0.1) is 22.6 Å². The molecular weight excluding hydrogens is 474 g/mol. The topological polar surface area (TPSA) is 36.7 Å². The van der Waals surface area contributed by atoms with Gasteiger partial charge in [-0.2, -0.15) is 0 Å². The number of benzene rings is 2. The lowest BCUT2D eigenvalue weighted by Crippen LogP contribution is -2.38. The molecule has 3 heterocycles. The molecular formula is C27H27Cl2FN2O2. The molecule has 0 radical (unpaired) electrons. The largest absolute Gasteiger partial charge is 0.472 e. The fourth-order valence-electron chi connectivity index (χ4n) is 5.41. The highest BCUT2D eigenvalue weighted by atomic mass is 35.5. The number of rotatable bonds is 5. The van der Waals surface area contributed by atoms with Crippen molar-refractivity contribution >= 4 is 29.1 Å². The Hall–Kier alpha value is -2.34. The Balaban J connectivity index is 1.26. The van der Waals surface area contributed by atoms with E-state index in [9.17, 15) is 9.18 Å². The van der Waals surface area contributed by atoms with Gasteiger partial charge in [-0.3, -0.25) is 4.79 Å². The van der Waals surface area contributed by atoms with Gasteiger partial charge in [-0.1, -0.05) is 35.3 Å². The van der Waals surface area contributed by atoms with E-state index in [1.54, 1.807) is 42.9 Å². The van der Waals surface area contributed by atoms with E-state index in [1.807, 2.05) is 23.1 Å². The summed E-state index contributed by atoms with van der Waals surface area (Å²) >= 11 is 12.2. The summed E-state index contributed by atoms with van der Waals surface area (Å²) in [6.07, 6.45) is 5.61. The number of likely N-dealkylation sites (tertiary alicyclic amines) is 2. The molecule has 178 valence electrons. The zero-order valence-corrected chi connectivity index (χ0v) is 20.3. The van der Waals surface area contributed by atoms with E-state index >= 15 is 0 Å². The summed E-state index contributed by atoms with van der Waals surface area (Å²) in [4.78, 5) is 17.7. The van der Waals surface area contributed by atoms with E-state index in [-0.39, 0.29) is 17.6 Å². The number of piperidine rings is 1. The van der Waals surface area contributed by atoms with Crippen molar-refractivity contribution in [1.29, 1.82) is 0 Å². The van der Waals surface area contributed by atoms with Crippen LogP contribution in [0.2, 0.25) is 10.0 Å². The van der Waals surface area contributed by atoms with Crippen LogP contribution in [0.1, 0.15) is 46.2 Å². The molecule has 0 bridgehead atoms. The molecule has 2 fully saturated rings. The minimum atomic E-state index is -0.187. The quantitative estimate of drug-likeness (QED) is 0.403. The average molecular weight is 501 g/mol. The van der Waals surface area contributed by atoms with Gasteiger partial charge in [0.15, 0.2) is 0 Å². The normalized spacial score (nSPS) is 21.8. The summed E-state index contributed by atoms with van der Waals surface area (Å²) in [5.41, 5.74) is 2.91. The predicted octanol–water partition coefficient (Wildman–Crippen LogP) is 6.46. The molecule has 7 heteroatoms. The summed E-state index contributed by atoms with van der Waals surface area (Å²) < 4.78 is 18.6. The second-order valence-corrected chi connectivity index (χ2v) is 10.2. The van der Waals surface area contributed by atoms with Crippen molar-refractivity contribution in [3.05, 3.63) is 93.6 Å². The molecule has 0 spiro atoms. The molecule has 34 heavy (non-hydrogen) atoms. The maximum absolute atomic E-state index is 13.3. The van der Waals surface area contributed by atoms with Crippen LogP contribution in [0.3, 0.4) is 0 Å². The van der Waals surface area contributed by atoms with Gasteiger partial charge >= 0.3 is 0 Å². The smallest absolute Gasteiger partial charge is 0.253 e. The van der Waals surface area contributed by atoms with E-state index in [0.717, 1.165) is 38.0 Å². The second kappa shape index (κ2) is 10.1. The molecule has 1 aromatic heterocycles. The Morgan fingerprint density at radius 1 is 0.971 bits per heavy atom. The van der Waals surface area contributed by atoms with Gasteiger partial charge in [-0.15, -0.1) is 0 Å². The van der Waals surface area contributed by atoms with Gasteiger partial charge in [0, 0.05) is 31.1 Å². The summed E-state index contributed by atoms with van der Waals surface area (Å²) in [6.45, 7) is 4.26. The van der Waals surface area contributed by atoms with Crippen LogP contribution in [-0.4, -0.2) is 48.4 Å². The monoisotopic (exact) mass is 500 g/mol. The van der Waals surface area contributed by atoms with Crippen LogP contribution >= 0.6 is 23.2 Å². The van der Waals surface area contributed by atoms with E-state index in [4.69, 9.17) is 27.6 Å². The predicted molar refractivity (Wildman–Crippen MR) is 132 cm³/mol. The molecule has 2 saturated heterocycles. The number of carbonyl (C=O) groups is 1. The first kappa shape index (κ1) is 23.4. The van der Waals surface area contributed by atoms with Gasteiger partial charge in [0.25, 0.3) is 5.91 Å². The van der Waals surface area contributed by atoms with Crippen molar-refractivity contribution in [1.82, 2.24) is 9.80 Å². The maximum Gasteiger partial charge on any atom is 0.253 e. The third-order valence-corrected chi connectivity index (χ3v) is 8.03. The van der Waals surface area contributed by atoms with Crippen LogP contribution < -0.4 is 0 Å². The molecule has 1 amide bonds. The van der Waals surface area contributed by atoms with Gasteiger partial charge in [0.2, 0.25) is 0 Å². The molecule has 2 aliphatic rings. The fraction of sp³-hybridized carbons (Fsp3) is 0.370. The SMILES string of the molecule is O=C(c1ccc(Cl)c(Cl)c1)N1CC(CN2CCC(c3ccc(F)cc3)CC2)C(c2ccoc2)C1. The molecule has 2 atom stereocenters. The maximum atomic E-state index is 13.3. The van der Waals surface area contributed by atoms with Crippen LogP contribution in [0.25, 0.3) is 0 Å². The van der Waals surface area contributed by atoms with Crippen LogP contribution in [0.15, 0.2) is 65.5 Å². The first-order valence-electron chi connectivity index (χ1n) is 11.7. The molecule has 3 aromatic rings. The van der Waals surface area contributed by atoms with E-state index in [2.05, 4.69) is 4.90 Å². The number of nitrogens with zero attached hydrogens (tertiary/aromatic N) is 2. The van der Waals surface area contributed by atoms with Crippen LogP contribution in [0.4, 0.5) is 4.39 Å². The molecule has 2 unspecified atom stereocenters.